The zero-order chi connectivity index (χ0) is 27.9. The van der Waals surface area contributed by atoms with Crippen LogP contribution in [0.15, 0.2) is 87.5 Å². The Kier molecular flexibility index (Phi) is 9.50. The van der Waals surface area contributed by atoms with Crippen molar-refractivity contribution in [1.82, 2.24) is 0 Å². The number of ether oxygens (including phenoxy) is 4. The quantitative estimate of drug-likeness (QED) is 0.228. The summed E-state index contributed by atoms with van der Waals surface area (Å²) in [6.45, 7) is 12.8. The summed E-state index contributed by atoms with van der Waals surface area (Å²) in [6.07, 6.45) is 0. The Labute approximate surface area is 228 Å². The summed E-state index contributed by atoms with van der Waals surface area (Å²) >= 11 is 0. The third-order valence-corrected chi connectivity index (χ3v) is 7.37. The number of esters is 2. The van der Waals surface area contributed by atoms with Gasteiger partial charge in [0.2, 0.25) is 0 Å². The highest BCUT2D eigenvalue weighted by atomic mass is 32.2. The van der Waals surface area contributed by atoms with Gasteiger partial charge in [0.25, 0.3) is 0 Å². The summed E-state index contributed by atoms with van der Waals surface area (Å²) in [6, 6.07) is 23.9. The van der Waals surface area contributed by atoms with Crippen molar-refractivity contribution >= 4 is 22.8 Å². The summed E-state index contributed by atoms with van der Waals surface area (Å²) in [5.74, 6) is 0.378. The van der Waals surface area contributed by atoms with Gasteiger partial charge < -0.3 is 18.9 Å². The molecule has 202 valence electrons. The van der Waals surface area contributed by atoms with Crippen LogP contribution in [-0.4, -0.2) is 36.4 Å². The van der Waals surface area contributed by atoms with Gasteiger partial charge in [-0.25, -0.2) is 9.59 Å². The molecule has 0 aliphatic carbocycles. The van der Waals surface area contributed by atoms with Crippen molar-refractivity contribution in [1.29, 1.82) is 0 Å². The standard InChI is InChI=1S/C31H37O6S/c1-22-10-8-9-11-27(22)38(25-16-12-23(13-17-25)34-20-28(32)36-30(2,3)4)26-18-14-24(15-19-26)35-21-29(33)37-31(5,6)7/h8-19H,20-21H2,1-7H3/q+1. The summed E-state index contributed by atoms with van der Waals surface area (Å²) < 4.78 is 21.9. The monoisotopic (exact) mass is 537 g/mol. The molecule has 3 aromatic carbocycles. The molecule has 0 amide bonds. The predicted octanol–water partition coefficient (Wildman–Crippen LogP) is 6.53. The SMILES string of the molecule is Cc1ccccc1[S+](c1ccc(OCC(=O)OC(C)(C)C)cc1)c1ccc(OCC(=O)OC(C)(C)C)cc1. The Bertz CT molecular complexity index is 1150. The van der Waals surface area contributed by atoms with Gasteiger partial charge in [-0.15, -0.1) is 0 Å². The molecule has 7 heteroatoms. The second-order valence-electron chi connectivity index (χ2n) is 10.8. The number of aryl methyl sites for hydroxylation is 1. The van der Waals surface area contributed by atoms with E-state index in [2.05, 4.69) is 19.1 Å². The van der Waals surface area contributed by atoms with Crippen LogP contribution in [0.3, 0.4) is 0 Å². The fourth-order valence-corrected chi connectivity index (χ4v) is 5.75. The number of rotatable bonds is 9. The Hall–Kier alpha value is -3.45. The summed E-state index contributed by atoms with van der Waals surface area (Å²) in [5, 5.41) is 0. The van der Waals surface area contributed by atoms with Crippen molar-refractivity contribution in [2.75, 3.05) is 13.2 Å². The van der Waals surface area contributed by atoms with E-state index in [1.807, 2.05) is 102 Å². The maximum absolute atomic E-state index is 12.0. The molecule has 0 unspecified atom stereocenters. The van der Waals surface area contributed by atoms with Gasteiger partial charge in [-0.05, 0) is 103 Å². The molecule has 0 N–H and O–H groups in total. The Morgan fingerprint density at radius 2 is 1.03 bits per heavy atom. The van der Waals surface area contributed by atoms with Gasteiger partial charge >= 0.3 is 11.9 Å². The minimum absolute atomic E-state index is 0.148. The largest absolute Gasteiger partial charge is 0.482 e. The van der Waals surface area contributed by atoms with Gasteiger partial charge in [-0.2, -0.15) is 0 Å². The fourth-order valence-electron chi connectivity index (χ4n) is 3.55. The molecular formula is C31H37O6S+. The smallest absolute Gasteiger partial charge is 0.344 e. The number of carbonyl (C=O) groups excluding carboxylic acids is 2. The van der Waals surface area contributed by atoms with E-state index in [9.17, 15) is 9.59 Å². The number of hydrogen-bond donors (Lipinski definition) is 0. The predicted molar refractivity (Wildman–Crippen MR) is 149 cm³/mol. The molecule has 0 aliphatic rings. The highest BCUT2D eigenvalue weighted by Gasteiger charge is 2.30. The highest BCUT2D eigenvalue weighted by Crippen LogP contribution is 2.34. The van der Waals surface area contributed by atoms with E-state index in [4.69, 9.17) is 18.9 Å². The molecular weight excluding hydrogens is 500 g/mol. The number of hydrogen-bond acceptors (Lipinski definition) is 6. The zero-order valence-corrected chi connectivity index (χ0v) is 24.0. The van der Waals surface area contributed by atoms with Gasteiger partial charge in [0.15, 0.2) is 27.9 Å². The van der Waals surface area contributed by atoms with Crippen molar-refractivity contribution in [3.8, 4) is 11.5 Å². The normalized spacial score (nSPS) is 11.7. The minimum atomic E-state index is -0.553. The molecule has 0 heterocycles. The van der Waals surface area contributed by atoms with E-state index in [-0.39, 0.29) is 24.1 Å². The lowest BCUT2D eigenvalue weighted by Gasteiger charge is -2.19. The summed E-state index contributed by atoms with van der Waals surface area (Å²) in [5.41, 5.74) is 0.0803. The molecule has 0 atom stereocenters. The molecule has 3 rings (SSSR count). The number of benzene rings is 3. The zero-order valence-electron chi connectivity index (χ0n) is 23.2. The lowest BCUT2D eigenvalue weighted by atomic mass is 10.2. The molecule has 0 fully saturated rings. The van der Waals surface area contributed by atoms with E-state index in [1.165, 1.54) is 10.5 Å². The molecule has 0 spiro atoms. The molecule has 38 heavy (non-hydrogen) atoms. The van der Waals surface area contributed by atoms with E-state index in [0.29, 0.717) is 11.5 Å². The van der Waals surface area contributed by atoms with Crippen LogP contribution in [0.25, 0.3) is 0 Å². The van der Waals surface area contributed by atoms with Crippen molar-refractivity contribution < 1.29 is 28.5 Å². The van der Waals surface area contributed by atoms with Crippen molar-refractivity contribution in [2.45, 2.75) is 74.4 Å². The van der Waals surface area contributed by atoms with Gasteiger partial charge in [0.1, 0.15) is 22.7 Å². The first kappa shape index (κ1) is 29.1. The molecule has 3 aromatic rings. The maximum Gasteiger partial charge on any atom is 0.344 e. The summed E-state index contributed by atoms with van der Waals surface area (Å²) in [7, 11) is -0.389. The van der Waals surface area contributed by atoms with Gasteiger partial charge in [-0.1, -0.05) is 18.2 Å². The maximum atomic E-state index is 12.0. The Morgan fingerprint density at radius 3 is 1.39 bits per heavy atom. The number of carbonyl (C=O) groups is 2. The van der Waals surface area contributed by atoms with Crippen LogP contribution in [0.4, 0.5) is 0 Å². The molecule has 0 saturated carbocycles. The van der Waals surface area contributed by atoms with Crippen LogP contribution >= 0.6 is 0 Å². The van der Waals surface area contributed by atoms with Crippen LogP contribution < -0.4 is 9.47 Å². The molecule has 0 aliphatic heterocycles. The van der Waals surface area contributed by atoms with Gasteiger partial charge in [-0.3, -0.25) is 0 Å². The second-order valence-corrected chi connectivity index (χ2v) is 12.8. The molecule has 0 bridgehead atoms. The van der Waals surface area contributed by atoms with Crippen molar-refractivity contribution in [2.24, 2.45) is 0 Å². The van der Waals surface area contributed by atoms with Crippen molar-refractivity contribution in [3.05, 3.63) is 78.4 Å². The lowest BCUT2D eigenvalue weighted by Crippen LogP contribution is -2.27. The Balaban J connectivity index is 1.77. The first-order chi connectivity index (χ1) is 17.8. The molecule has 6 nitrogen and oxygen atoms in total. The van der Waals surface area contributed by atoms with Crippen LogP contribution in [0.5, 0.6) is 11.5 Å². The van der Waals surface area contributed by atoms with Crippen molar-refractivity contribution in [3.63, 3.8) is 0 Å². The topological polar surface area (TPSA) is 71.1 Å². The molecule has 0 radical (unpaired) electrons. The van der Waals surface area contributed by atoms with Gasteiger partial charge in [0.05, 0.1) is 10.9 Å². The van der Waals surface area contributed by atoms with Gasteiger partial charge in [0, 0.05) is 5.56 Å². The lowest BCUT2D eigenvalue weighted by molar-refractivity contribution is -0.158. The van der Waals surface area contributed by atoms with E-state index in [0.717, 1.165) is 9.79 Å². The minimum Gasteiger partial charge on any atom is -0.482 e. The van der Waals surface area contributed by atoms with E-state index < -0.39 is 23.1 Å². The van der Waals surface area contributed by atoms with Crippen LogP contribution in [0, 0.1) is 6.92 Å². The third-order valence-electron chi connectivity index (χ3n) is 4.99. The molecule has 0 aromatic heterocycles. The van der Waals surface area contributed by atoms with E-state index in [1.54, 1.807) is 0 Å². The van der Waals surface area contributed by atoms with E-state index >= 15 is 0 Å². The summed E-state index contributed by atoms with van der Waals surface area (Å²) in [4.78, 5) is 27.4. The Morgan fingerprint density at radius 1 is 0.632 bits per heavy atom. The van der Waals surface area contributed by atoms with Crippen LogP contribution in [0.2, 0.25) is 0 Å². The first-order valence-corrected chi connectivity index (χ1v) is 13.7. The van der Waals surface area contributed by atoms with Crippen LogP contribution in [-0.2, 0) is 30.0 Å². The highest BCUT2D eigenvalue weighted by molar-refractivity contribution is 7.97. The second kappa shape index (κ2) is 12.4. The fraction of sp³-hybridized carbons (Fsp3) is 0.355. The average Bonchev–Trinajstić information content (AvgIpc) is 2.82. The first-order valence-electron chi connectivity index (χ1n) is 12.5. The third kappa shape index (κ3) is 9.14. The van der Waals surface area contributed by atoms with Crippen LogP contribution in [0.1, 0.15) is 47.1 Å². The average molecular weight is 538 g/mol. The molecule has 0 saturated heterocycles.